The van der Waals surface area contributed by atoms with Crippen molar-refractivity contribution in [1.82, 2.24) is 9.38 Å². The van der Waals surface area contributed by atoms with Crippen LogP contribution in [-0.2, 0) is 10.5 Å². The second-order valence-electron chi connectivity index (χ2n) is 6.51. The van der Waals surface area contributed by atoms with Crippen LogP contribution in [-0.4, -0.2) is 15.3 Å². The Balaban J connectivity index is 1.76. The lowest BCUT2D eigenvalue weighted by Crippen LogP contribution is -2.14. The number of thiazole rings is 1. The summed E-state index contributed by atoms with van der Waals surface area (Å²) in [7, 11) is 0. The number of aromatic nitrogens is 2. The summed E-state index contributed by atoms with van der Waals surface area (Å²) in [5.41, 5.74) is 1.48. The molecule has 3 rings (SSSR count). The first-order valence-electron chi connectivity index (χ1n) is 8.43. The number of rotatable bonds is 6. The highest BCUT2D eigenvalue weighted by atomic mass is 32.2. The van der Waals surface area contributed by atoms with Crippen molar-refractivity contribution >= 4 is 39.7 Å². The Labute approximate surface area is 160 Å². The van der Waals surface area contributed by atoms with E-state index in [0.29, 0.717) is 23.1 Å². The van der Waals surface area contributed by atoms with Crippen LogP contribution >= 0.6 is 23.1 Å². The Morgan fingerprint density at radius 2 is 2.12 bits per heavy atom. The van der Waals surface area contributed by atoms with E-state index in [4.69, 9.17) is 0 Å². The minimum atomic E-state index is -0.0616. The molecule has 0 aliphatic rings. The maximum Gasteiger partial charge on any atom is 0.258 e. The largest absolute Gasteiger partial charge is 0.325 e. The number of benzene rings is 1. The van der Waals surface area contributed by atoms with Gasteiger partial charge in [-0.1, -0.05) is 26.0 Å². The van der Waals surface area contributed by atoms with Crippen LogP contribution in [0.2, 0.25) is 0 Å². The van der Waals surface area contributed by atoms with Crippen LogP contribution in [0.5, 0.6) is 0 Å². The highest BCUT2D eigenvalue weighted by Gasteiger charge is 2.10. The van der Waals surface area contributed by atoms with E-state index < -0.39 is 0 Å². The lowest BCUT2D eigenvalue weighted by Gasteiger charge is -2.11. The number of carbonyl (C=O) groups excluding carboxylic acids is 1. The van der Waals surface area contributed by atoms with Crippen molar-refractivity contribution < 1.29 is 4.79 Å². The zero-order chi connectivity index (χ0) is 18.7. The zero-order valence-electron chi connectivity index (χ0n) is 15.0. The van der Waals surface area contributed by atoms with E-state index in [1.165, 1.54) is 11.3 Å². The molecule has 2 aromatic heterocycles. The summed E-state index contributed by atoms with van der Waals surface area (Å²) in [5.74, 6) is 0.896. The molecular formula is C19H21N3O2S2. The topological polar surface area (TPSA) is 63.5 Å². The number of thioether (sulfide) groups is 1. The first-order valence-corrected chi connectivity index (χ1v) is 10.2. The SMILES string of the molecule is Cc1cn2c(=O)cc(CSc3ccccc3NC(=O)CC(C)C)nc2s1. The molecule has 7 heteroatoms. The molecule has 136 valence electrons. The average molecular weight is 388 g/mol. The minimum absolute atomic E-state index is 0.0138. The predicted molar refractivity (Wildman–Crippen MR) is 108 cm³/mol. The molecule has 3 aromatic rings. The Morgan fingerprint density at radius 3 is 2.88 bits per heavy atom. The first kappa shape index (κ1) is 18.7. The molecule has 0 spiro atoms. The third-order valence-corrected chi connectivity index (χ3v) is 5.67. The van der Waals surface area contributed by atoms with Crippen molar-refractivity contribution in [2.75, 3.05) is 5.32 Å². The van der Waals surface area contributed by atoms with Crippen molar-refractivity contribution in [1.29, 1.82) is 0 Å². The van der Waals surface area contributed by atoms with Gasteiger partial charge in [-0.25, -0.2) is 4.98 Å². The lowest BCUT2D eigenvalue weighted by atomic mass is 10.1. The first-order chi connectivity index (χ1) is 12.4. The number of carbonyl (C=O) groups is 1. The normalized spacial score (nSPS) is 11.2. The quantitative estimate of drug-likeness (QED) is 0.639. The van der Waals surface area contributed by atoms with Crippen molar-refractivity contribution in [2.24, 2.45) is 5.92 Å². The predicted octanol–water partition coefficient (Wildman–Crippen LogP) is 4.34. The Kier molecular flexibility index (Phi) is 5.78. The van der Waals surface area contributed by atoms with Gasteiger partial charge in [-0.2, -0.15) is 0 Å². The molecule has 0 atom stereocenters. The fourth-order valence-corrected chi connectivity index (χ4v) is 4.30. The lowest BCUT2D eigenvalue weighted by molar-refractivity contribution is -0.116. The number of nitrogens with one attached hydrogen (secondary N) is 1. The molecule has 0 bridgehead atoms. The van der Waals surface area contributed by atoms with Gasteiger partial charge in [0.2, 0.25) is 5.91 Å². The molecule has 0 fully saturated rings. The van der Waals surface area contributed by atoms with Crippen molar-refractivity contribution in [2.45, 2.75) is 37.8 Å². The highest BCUT2D eigenvalue weighted by Crippen LogP contribution is 2.29. The van der Waals surface area contributed by atoms with Gasteiger partial charge in [0.25, 0.3) is 5.56 Å². The number of fused-ring (bicyclic) bond motifs is 1. The van der Waals surface area contributed by atoms with Gasteiger partial charge in [-0.05, 0) is 25.0 Å². The van der Waals surface area contributed by atoms with Crippen LogP contribution in [0, 0.1) is 12.8 Å². The summed E-state index contributed by atoms with van der Waals surface area (Å²) in [6.07, 6.45) is 2.30. The molecule has 2 heterocycles. The van der Waals surface area contributed by atoms with Crippen LogP contribution in [0.1, 0.15) is 30.8 Å². The summed E-state index contributed by atoms with van der Waals surface area (Å²) < 4.78 is 1.58. The number of hydrogen-bond donors (Lipinski definition) is 1. The maximum absolute atomic E-state index is 12.2. The third kappa shape index (κ3) is 4.53. The monoisotopic (exact) mass is 387 g/mol. The number of aryl methyl sites for hydroxylation is 1. The van der Waals surface area contributed by atoms with Crippen LogP contribution in [0.4, 0.5) is 5.69 Å². The van der Waals surface area contributed by atoms with Gasteiger partial charge < -0.3 is 5.32 Å². The number of para-hydroxylation sites is 1. The highest BCUT2D eigenvalue weighted by molar-refractivity contribution is 7.98. The molecule has 0 radical (unpaired) electrons. The Morgan fingerprint density at radius 1 is 1.35 bits per heavy atom. The number of amides is 1. The van der Waals surface area contributed by atoms with Crippen LogP contribution < -0.4 is 10.9 Å². The summed E-state index contributed by atoms with van der Waals surface area (Å²) in [5, 5.41) is 2.98. The molecule has 26 heavy (non-hydrogen) atoms. The van der Waals surface area contributed by atoms with Crippen molar-refractivity contribution in [3.8, 4) is 0 Å². The van der Waals surface area contributed by atoms with Gasteiger partial charge in [0, 0.05) is 34.2 Å². The fraction of sp³-hybridized carbons (Fsp3) is 0.316. The number of hydrogen-bond acceptors (Lipinski definition) is 5. The van der Waals surface area contributed by atoms with Crippen LogP contribution in [0.15, 0.2) is 46.2 Å². The maximum atomic E-state index is 12.2. The van der Waals surface area contributed by atoms with Crippen LogP contribution in [0.25, 0.3) is 4.96 Å². The molecular weight excluding hydrogens is 366 g/mol. The Bertz CT molecular complexity index is 992. The van der Waals surface area contributed by atoms with E-state index in [1.807, 2.05) is 51.2 Å². The van der Waals surface area contributed by atoms with Crippen molar-refractivity contribution in [3.63, 3.8) is 0 Å². The molecule has 0 saturated heterocycles. The molecule has 1 N–H and O–H groups in total. The molecule has 1 amide bonds. The average Bonchev–Trinajstić information content (AvgIpc) is 2.94. The van der Waals surface area contributed by atoms with E-state index in [2.05, 4.69) is 10.3 Å². The summed E-state index contributed by atoms with van der Waals surface area (Å²) in [6, 6.07) is 9.28. The molecule has 0 aliphatic carbocycles. The smallest absolute Gasteiger partial charge is 0.258 e. The van der Waals surface area contributed by atoms with E-state index >= 15 is 0 Å². The van der Waals surface area contributed by atoms with E-state index in [0.717, 1.165) is 21.2 Å². The van der Waals surface area contributed by atoms with Gasteiger partial charge in [-0.3, -0.25) is 14.0 Å². The van der Waals surface area contributed by atoms with Gasteiger partial charge in [0.15, 0.2) is 4.96 Å². The minimum Gasteiger partial charge on any atom is -0.325 e. The van der Waals surface area contributed by atoms with E-state index in [-0.39, 0.29) is 11.5 Å². The van der Waals surface area contributed by atoms with Gasteiger partial charge in [-0.15, -0.1) is 23.1 Å². The second kappa shape index (κ2) is 8.05. The van der Waals surface area contributed by atoms with Gasteiger partial charge in [0.05, 0.1) is 11.4 Å². The van der Waals surface area contributed by atoms with Gasteiger partial charge in [0.1, 0.15) is 0 Å². The molecule has 0 unspecified atom stereocenters. The molecule has 0 aliphatic heterocycles. The van der Waals surface area contributed by atoms with E-state index in [1.54, 1.807) is 22.2 Å². The summed E-state index contributed by atoms with van der Waals surface area (Å²) in [4.78, 5) is 31.6. The summed E-state index contributed by atoms with van der Waals surface area (Å²) in [6.45, 7) is 6.00. The molecule has 5 nitrogen and oxygen atoms in total. The second-order valence-corrected chi connectivity index (χ2v) is 8.74. The third-order valence-electron chi connectivity index (χ3n) is 3.67. The number of anilines is 1. The molecule has 0 saturated carbocycles. The summed E-state index contributed by atoms with van der Waals surface area (Å²) >= 11 is 3.07. The van der Waals surface area contributed by atoms with Crippen LogP contribution in [0.3, 0.4) is 0 Å². The number of nitrogens with zero attached hydrogens (tertiary/aromatic N) is 2. The van der Waals surface area contributed by atoms with Gasteiger partial charge >= 0.3 is 0 Å². The Hall–Kier alpha value is -2.12. The zero-order valence-corrected chi connectivity index (χ0v) is 16.6. The molecule has 1 aromatic carbocycles. The fourth-order valence-electron chi connectivity index (χ4n) is 2.55. The van der Waals surface area contributed by atoms with E-state index in [9.17, 15) is 9.59 Å². The van der Waals surface area contributed by atoms with Crippen molar-refractivity contribution in [3.05, 3.63) is 57.5 Å². The standard InChI is InChI=1S/C19H21N3O2S2/c1-12(2)8-17(23)21-15-6-4-5-7-16(15)25-11-14-9-18(24)22-10-13(3)26-19(22)20-14/h4-7,9-10,12H,8,11H2,1-3H3,(H,21,23).